The molecular formula is C29H24N4O3. The van der Waals surface area contributed by atoms with Crippen molar-refractivity contribution < 1.29 is 14.3 Å². The Labute approximate surface area is 208 Å². The molecule has 0 atom stereocenters. The summed E-state index contributed by atoms with van der Waals surface area (Å²) in [5.41, 5.74) is 4.26. The van der Waals surface area contributed by atoms with Gasteiger partial charge in [0.05, 0.1) is 24.2 Å². The number of fused-ring (bicyclic) bond motifs is 2. The molecule has 5 aromatic rings. The lowest BCUT2D eigenvalue weighted by Gasteiger charge is -2.12. The van der Waals surface area contributed by atoms with Crippen LogP contribution in [0.4, 0.5) is 5.82 Å². The number of amides is 1. The molecule has 2 aromatic heterocycles. The van der Waals surface area contributed by atoms with Crippen LogP contribution in [-0.4, -0.2) is 33.0 Å². The molecule has 5 rings (SSSR count). The van der Waals surface area contributed by atoms with Crippen molar-refractivity contribution in [1.82, 2.24) is 14.5 Å². The van der Waals surface area contributed by atoms with Crippen molar-refractivity contribution >= 4 is 46.0 Å². The van der Waals surface area contributed by atoms with E-state index in [-0.39, 0.29) is 18.1 Å². The standard InChI is InChI=1S/C29H24N4O3/c1-2-36-29(35)25-26-28(31-23-16-10-9-15-22(23)30-26)33(19-21-13-7-4-8-14-21)27(25)32-24(34)18-17-20-11-5-3-6-12-20/h3-18H,2,19H2,1H3,(H,32,34). The lowest BCUT2D eigenvalue weighted by atomic mass is 10.2. The molecule has 7 nitrogen and oxygen atoms in total. The first kappa shape index (κ1) is 23.0. The van der Waals surface area contributed by atoms with Gasteiger partial charge in [-0.1, -0.05) is 72.8 Å². The minimum atomic E-state index is -0.568. The number of hydrogen-bond acceptors (Lipinski definition) is 5. The van der Waals surface area contributed by atoms with Gasteiger partial charge < -0.3 is 14.6 Å². The van der Waals surface area contributed by atoms with Crippen LogP contribution in [0.25, 0.3) is 28.3 Å². The maximum absolute atomic E-state index is 13.2. The Hall–Kier alpha value is -4.78. The zero-order valence-corrected chi connectivity index (χ0v) is 19.7. The predicted molar refractivity (Wildman–Crippen MR) is 141 cm³/mol. The highest BCUT2D eigenvalue weighted by molar-refractivity contribution is 6.13. The van der Waals surface area contributed by atoms with Crippen molar-refractivity contribution in [2.75, 3.05) is 11.9 Å². The van der Waals surface area contributed by atoms with E-state index in [0.29, 0.717) is 34.6 Å². The summed E-state index contributed by atoms with van der Waals surface area (Å²) in [5, 5.41) is 2.91. The van der Waals surface area contributed by atoms with Crippen molar-refractivity contribution in [3.63, 3.8) is 0 Å². The lowest BCUT2D eigenvalue weighted by molar-refractivity contribution is -0.111. The number of carbonyl (C=O) groups excluding carboxylic acids is 2. The van der Waals surface area contributed by atoms with E-state index in [9.17, 15) is 9.59 Å². The zero-order valence-electron chi connectivity index (χ0n) is 19.7. The second-order valence-corrected chi connectivity index (χ2v) is 8.13. The highest BCUT2D eigenvalue weighted by Gasteiger charge is 2.27. The molecule has 0 radical (unpaired) electrons. The molecule has 2 heterocycles. The number of aromatic nitrogens is 3. The first-order chi connectivity index (χ1) is 17.6. The number of carbonyl (C=O) groups is 2. The predicted octanol–water partition coefficient (Wildman–Crippen LogP) is 5.46. The Morgan fingerprint density at radius 2 is 1.53 bits per heavy atom. The second kappa shape index (κ2) is 10.2. The van der Waals surface area contributed by atoms with Gasteiger partial charge in [-0.15, -0.1) is 0 Å². The van der Waals surface area contributed by atoms with E-state index in [1.807, 2.05) is 89.5 Å². The monoisotopic (exact) mass is 476 g/mol. The van der Waals surface area contributed by atoms with Crippen LogP contribution in [0, 0.1) is 0 Å². The quantitative estimate of drug-likeness (QED) is 0.249. The average molecular weight is 477 g/mol. The topological polar surface area (TPSA) is 86.1 Å². The van der Waals surface area contributed by atoms with E-state index in [2.05, 4.69) is 5.32 Å². The van der Waals surface area contributed by atoms with E-state index >= 15 is 0 Å². The number of para-hydroxylation sites is 2. The third-order valence-electron chi connectivity index (χ3n) is 5.68. The third kappa shape index (κ3) is 4.72. The lowest BCUT2D eigenvalue weighted by Crippen LogP contribution is -2.17. The fourth-order valence-electron chi connectivity index (χ4n) is 4.04. The Bertz CT molecular complexity index is 1570. The molecule has 3 aromatic carbocycles. The van der Waals surface area contributed by atoms with Gasteiger partial charge in [-0.05, 0) is 36.3 Å². The van der Waals surface area contributed by atoms with E-state index in [1.54, 1.807) is 13.0 Å². The Morgan fingerprint density at radius 1 is 0.889 bits per heavy atom. The first-order valence-corrected chi connectivity index (χ1v) is 11.7. The van der Waals surface area contributed by atoms with Crippen LogP contribution in [0.5, 0.6) is 0 Å². The molecule has 7 heteroatoms. The smallest absolute Gasteiger partial charge is 0.344 e. The Kier molecular flexibility index (Phi) is 6.53. The Balaban J connectivity index is 1.68. The number of nitrogens with one attached hydrogen (secondary N) is 1. The van der Waals surface area contributed by atoms with Gasteiger partial charge in [-0.2, -0.15) is 0 Å². The molecule has 0 aliphatic heterocycles. The molecule has 0 bridgehead atoms. The molecule has 1 amide bonds. The van der Waals surface area contributed by atoms with E-state index in [0.717, 1.165) is 11.1 Å². The van der Waals surface area contributed by atoms with Gasteiger partial charge in [0.2, 0.25) is 5.91 Å². The van der Waals surface area contributed by atoms with Gasteiger partial charge in [-0.3, -0.25) is 4.79 Å². The summed E-state index contributed by atoms with van der Waals surface area (Å²) >= 11 is 0. The molecule has 36 heavy (non-hydrogen) atoms. The van der Waals surface area contributed by atoms with Gasteiger partial charge >= 0.3 is 5.97 Å². The van der Waals surface area contributed by atoms with E-state index in [4.69, 9.17) is 14.7 Å². The normalized spacial score (nSPS) is 11.2. The van der Waals surface area contributed by atoms with Crippen LogP contribution in [0.2, 0.25) is 0 Å². The summed E-state index contributed by atoms with van der Waals surface area (Å²) in [5.74, 6) is -0.655. The molecule has 0 unspecified atom stereocenters. The van der Waals surface area contributed by atoms with Crippen LogP contribution in [-0.2, 0) is 16.1 Å². The van der Waals surface area contributed by atoms with E-state index in [1.165, 1.54) is 6.08 Å². The third-order valence-corrected chi connectivity index (χ3v) is 5.68. The van der Waals surface area contributed by atoms with Gasteiger partial charge in [0.25, 0.3) is 0 Å². The van der Waals surface area contributed by atoms with Crippen molar-refractivity contribution in [3.8, 4) is 0 Å². The summed E-state index contributed by atoms with van der Waals surface area (Å²) in [4.78, 5) is 35.8. The molecular weight excluding hydrogens is 452 g/mol. The number of anilines is 1. The van der Waals surface area contributed by atoms with E-state index < -0.39 is 5.97 Å². The van der Waals surface area contributed by atoms with Crippen LogP contribution >= 0.6 is 0 Å². The molecule has 0 saturated carbocycles. The number of rotatable bonds is 7. The summed E-state index contributed by atoms with van der Waals surface area (Å²) in [6.45, 7) is 2.30. The minimum absolute atomic E-state index is 0.183. The highest BCUT2D eigenvalue weighted by atomic mass is 16.5. The number of ether oxygens (including phenoxy) is 1. The van der Waals surface area contributed by atoms with Crippen LogP contribution in [0.1, 0.15) is 28.4 Å². The summed E-state index contributed by atoms with van der Waals surface area (Å²) in [6, 6.07) is 26.7. The molecule has 178 valence electrons. The number of esters is 1. The van der Waals surface area contributed by atoms with Crippen molar-refractivity contribution in [2.24, 2.45) is 0 Å². The van der Waals surface area contributed by atoms with Crippen molar-refractivity contribution in [3.05, 3.63) is 108 Å². The molecule has 0 saturated heterocycles. The highest BCUT2D eigenvalue weighted by Crippen LogP contribution is 2.31. The minimum Gasteiger partial charge on any atom is -0.462 e. The van der Waals surface area contributed by atoms with Crippen LogP contribution in [0.15, 0.2) is 91.0 Å². The fraction of sp³-hybridized carbons (Fsp3) is 0.103. The van der Waals surface area contributed by atoms with Crippen molar-refractivity contribution in [2.45, 2.75) is 13.5 Å². The van der Waals surface area contributed by atoms with Crippen LogP contribution < -0.4 is 5.32 Å². The summed E-state index contributed by atoms with van der Waals surface area (Å²) in [7, 11) is 0. The van der Waals surface area contributed by atoms with Gasteiger partial charge in [-0.25, -0.2) is 14.8 Å². The molecule has 0 aliphatic carbocycles. The maximum Gasteiger partial charge on any atom is 0.344 e. The largest absolute Gasteiger partial charge is 0.462 e. The van der Waals surface area contributed by atoms with Crippen molar-refractivity contribution in [1.29, 1.82) is 0 Å². The second-order valence-electron chi connectivity index (χ2n) is 8.13. The molecule has 1 N–H and O–H groups in total. The van der Waals surface area contributed by atoms with Gasteiger partial charge in [0, 0.05) is 6.08 Å². The number of benzene rings is 3. The average Bonchev–Trinajstić information content (AvgIpc) is 3.19. The number of nitrogens with zero attached hydrogens (tertiary/aromatic N) is 3. The summed E-state index contributed by atoms with van der Waals surface area (Å²) in [6.07, 6.45) is 3.15. The van der Waals surface area contributed by atoms with Crippen LogP contribution in [0.3, 0.4) is 0 Å². The summed E-state index contributed by atoms with van der Waals surface area (Å²) < 4.78 is 7.18. The molecule has 0 spiro atoms. The molecule has 0 fully saturated rings. The SMILES string of the molecule is CCOC(=O)c1c(NC(=O)C=Cc2ccccc2)n(Cc2ccccc2)c2nc3ccccc3nc12. The maximum atomic E-state index is 13.2. The van der Waals surface area contributed by atoms with Gasteiger partial charge in [0.1, 0.15) is 16.9 Å². The zero-order chi connectivity index (χ0) is 24.9. The van der Waals surface area contributed by atoms with Gasteiger partial charge in [0.15, 0.2) is 5.65 Å². The Morgan fingerprint density at radius 3 is 2.22 bits per heavy atom. The first-order valence-electron chi connectivity index (χ1n) is 11.7. The number of hydrogen-bond donors (Lipinski definition) is 1. The molecule has 0 aliphatic rings. The fourth-order valence-corrected chi connectivity index (χ4v) is 4.04.